The molecule has 0 aliphatic carbocycles. The van der Waals surface area contributed by atoms with Gasteiger partial charge in [0.15, 0.2) is 0 Å². The highest BCUT2D eigenvalue weighted by molar-refractivity contribution is 6.42. The summed E-state index contributed by atoms with van der Waals surface area (Å²) in [5.41, 5.74) is 2.64. The number of carbonyl (C=O) groups is 1. The van der Waals surface area contributed by atoms with E-state index in [9.17, 15) is 4.79 Å². The summed E-state index contributed by atoms with van der Waals surface area (Å²) in [5, 5.41) is 6.46. The number of ether oxygens (including phenoxy) is 1. The van der Waals surface area contributed by atoms with Crippen LogP contribution in [0.2, 0.25) is 10.0 Å². The van der Waals surface area contributed by atoms with Crippen molar-refractivity contribution in [3.63, 3.8) is 0 Å². The molecule has 0 radical (unpaired) electrons. The molecule has 0 bridgehead atoms. The maximum absolute atomic E-state index is 12.7. The van der Waals surface area contributed by atoms with Gasteiger partial charge in [0.1, 0.15) is 5.75 Å². The van der Waals surface area contributed by atoms with Gasteiger partial charge < -0.3 is 4.74 Å². The highest BCUT2D eigenvalue weighted by atomic mass is 35.5. The third-order valence-corrected chi connectivity index (χ3v) is 4.38. The maximum Gasteiger partial charge on any atom is 0.280 e. The van der Waals surface area contributed by atoms with Crippen LogP contribution in [-0.2, 0) is 4.79 Å². The maximum atomic E-state index is 12.7. The quantitative estimate of drug-likeness (QED) is 0.737. The van der Waals surface area contributed by atoms with E-state index in [2.05, 4.69) is 5.10 Å². The lowest BCUT2D eigenvalue weighted by Gasteiger charge is -2.12. The third kappa shape index (κ3) is 3.16. The fourth-order valence-electron chi connectivity index (χ4n) is 2.34. The lowest BCUT2D eigenvalue weighted by Crippen LogP contribution is -2.21. The minimum atomic E-state index is -0.207. The average Bonchev–Trinajstić information content (AvgIpc) is 2.86. The molecule has 2 aromatic carbocycles. The SMILES string of the molecule is COc1ccc(/C=C2/C(=O)N(c3ccc(Cl)c(Cl)c3)N=C2C)cc1. The summed E-state index contributed by atoms with van der Waals surface area (Å²) in [7, 11) is 1.61. The first-order chi connectivity index (χ1) is 11.5. The van der Waals surface area contributed by atoms with Gasteiger partial charge in [-0.15, -0.1) is 0 Å². The Hall–Kier alpha value is -2.30. The number of amides is 1. The van der Waals surface area contributed by atoms with Crippen molar-refractivity contribution in [1.82, 2.24) is 0 Å². The van der Waals surface area contributed by atoms with E-state index in [0.29, 0.717) is 27.0 Å². The minimum absolute atomic E-state index is 0.207. The Labute approximate surface area is 149 Å². The summed E-state index contributed by atoms with van der Waals surface area (Å²) in [5.74, 6) is 0.555. The number of nitrogens with zero attached hydrogens (tertiary/aromatic N) is 2. The second kappa shape index (κ2) is 6.67. The van der Waals surface area contributed by atoms with E-state index in [1.165, 1.54) is 5.01 Å². The zero-order valence-corrected chi connectivity index (χ0v) is 14.6. The monoisotopic (exact) mass is 360 g/mol. The molecular formula is C18H14Cl2N2O2. The molecule has 0 saturated carbocycles. The lowest BCUT2D eigenvalue weighted by atomic mass is 10.1. The first-order valence-corrected chi connectivity index (χ1v) is 7.96. The van der Waals surface area contributed by atoms with Crippen molar-refractivity contribution in [3.05, 3.63) is 63.6 Å². The number of benzene rings is 2. The number of hydrazone groups is 1. The number of halogens is 2. The Morgan fingerprint density at radius 3 is 2.42 bits per heavy atom. The van der Waals surface area contributed by atoms with Crippen LogP contribution in [0.4, 0.5) is 5.69 Å². The Balaban J connectivity index is 1.91. The molecule has 1 heterocycles. The summed E-state index contributed by atoms with van der Waals surface area (Å²) < 4.78 is 5.13. The van der Waals surface area contributed by atoms with E-state index in [-0.39, 0.29) is 5.91 Å². The molecule has 122 valence electrons. The van der Waals surface area contributed by atoms with Gasteiger partial charge in [0, 0.05) is 0 Å². The molecule has 0 atom stereocenters. The molecule has 1 aliphatic rings. The molecule has 4 nitrogen and oxygen atoms in total. The van der Waals surface area contributed by atoms with Crippen LogP contribution < -0.4 is 9.75 Å². The number of rotatable bonds is 3. The van der Waals surface area contributed by atoms with Crippen molar-refractivity contribution < 1.29 is 9.53 Å². The number of hydrogen-bond donors (Lipinski definition) is 0. The van der Waals surface area contributed by atoms with Crippen molar-refractivity contribution in [1.29, 1.82) is 0 Å². The highest BCUT2D eigenvalue weighted by Gasteiger charge is 2.28. The molecule has 3 rings (SSSR count). The van der Waals surface area contributed by atoms with Crippen LogP contribution in [0, 0.1) is 0 Å². The summed E-state index contributed by atoms with van der Waals surface area (Å²) >= 11 is 11.9. The van der Waals surface area contributed by atoms with Gasteiger partial charge in [-0.2, -0.15) is 10.1 Å². The molecule has 1 aliphatic heterocycles. The molecule has 0 aromatic heterocycles. The molecular weight excluding hydrogens is 347 g/mol. The van der Waals surface area contributed by atoms with Gasteiger partial charge in [0.25, 0.3) is 5.91 Å². The zero-order valence-electron chi connectivity index (χ0n) is 13.1. The number of hydrogen-bond acceptors (Lipinski definition) is 3. The number of anilines is 1. The highest BCUT2D eigenvalue weighted by Crippen LogP contribution is 2.30. The molecule has 0 fully saturated rings. The van der Waals surface area contributed by atoms with Crippen LogP contribution in [0.1, 0.15) is 12.5 Å². The summed E-state index contributed by atoms with van der Waals surface area (Å²) in [6.45, 7) is 1.80. The van der Waals surface area contributed by atoms with E-state index >= 15 is 0 Å². The van der Waals surface area contributed by atoms with E-state index < -0.39 is 0 Å². The zero-order chi connectivity index (χ0) is 17.3. The van der Waals surface area contributed by atoms with Crippen LogP contribution in [0.5, 0.6) is 5.75 Å². The minimum Gasteiger partial charge on any atom is -0.497 e. The largest absolute Gasteiger partial charge is 0.497 e. The normalized spacial score (nSPS) is 15.8. The first kappa shape index (κ1) is 16.6. The Kier molecular flexibility index (Phi) is 4.60. The van der Waals surface area contributed by atoms with E-state index in [0.717, 1.165) is 11.3 Å². The van der Waals surface area contributed by atoms with Crippen molar-refractivity contribution in [2.75, 3.05) is 12.1 Å². The van der Waals surface area contributed by atoms with Gasteiger partial charge in [0.05, 0.1) is 34.1 Å². The van der Waals surface area contributed by atoms with Gasteiger partial charge >= 0.3 is 0 Å². The fourth-order valence-corrected chi connectivity index (χ4v) is 2.64. The number of methoxy groups -OCH3 is 1. The van der Waals surface area contributed by atoms with Crippen molar-refractivity contribution in [2.24, 2.45) is 5.10 Å². The molecule has 1 amide bonds. The predicted octanol–water partition coefficient (Wildman–Crippen LogP) is 4.81. The Bertz CT molecular complexity index is 858. The van der Waals surface area contributed by atoms with Crippen LogP contribution in [0.25, 0.3) is 6.08 Å². The predicted molar refractivity (Wildman–Crippen MR) is 98.0 cm³/mol. The third-order valence-electron chi connectivity index (χ3n) is 3.64. The molecule has 0 saturated heterocycles. The second-order valence-electron chi connectivity index (χ2n) is 5.23. The van der Waals surface area contributed by atoms with Gasteiger partial charge in [0.2, 0.25) is 0 Å². The summed E-state index contributed by atoms with van der Waals surface area (Å²) in [6.07, 6.45) is 1.80. The lowest BCUT2D eigenvalue weighted by molar-refractivity contribution is -0.114. The fraction of sp³-hybridized carbons (Fsp3) is 0.111. The second-order valence-corrected chi connectivity index (χ2v) is 6.05. The summed E-state index contributed by atoms with van der Waals surface area (Å²) in [4.78, 5) is 12.7. The molecule has 0 unspecified atom stereocenters. The Morgan fingerprint density at radius 1 is 1.08 bits per heavy atom. The topological polar surface area (TPSA) is 41.9 Å². The molecule has 0 spiro atoms. The standard InChI is InChI=1S/C18H14Cl2N2O2/c1-11-15(9-12-3-6-14(24-2)7-4-12)18(23)22(21-11)13-5-8-16(19)17(20)10-13/h3-10H,1-2H3/b15-9+. The van der Waals surface area contributed by atoms with Gasteiger partial charge in [-0.25, -0.2) is 0 Å². The molecule has 24 heavy (non-hydrogen) atoms. The van der Waals surface area contributed by atoms with Gasteiger partial charge in [-0.3, -0.25) is 4.79 Å². The van der Waals surface area contributed by atoms with E-state index in [1.807, 2.05) is 24.3 Å². The number of carbonyl (C=O) groups excluding carboxylic acids is 1. The van der Waals surface area contributed by atoms with Gasteiger partial charge in [-0.05, 0) is 48.9 Å². The summed E-state index contributed by atoms with van der Waals surface area (Å²) in [6, 6.07) is 12.4. The van der Waals surface area contributed by atoms with Crippen LogP contribution in [0.15, 0.2) is 53.1 Å². The van der Waals surface area contributed by atoms with E-state index in [1.54, 1.807) is 38.3 Å². The smallest absolute Gasteiger partial charge is 0.280 e. The molecule has 0 N–H and O–H groups in total. The van der Waals surface area contributed by atoms with Crippen molar-refractivity contribution in [2.45, 2.75) is 6.92 Å². The van der Waals surface area contributed by atoms with Gasteiger partial charge in [-0.1, -0.05) is 35.3 Å². The average molecular weight is 361 g/mol. The van der Waals surface area contributed by atoms with Crippen LogP contribution >= 0.6 is 23.2 Å². The van der Waals surface area contributed by atoms with Crippen molar-refractivity contribution in [3.8, 4) is 5.75 Å². The van der Waals surface area contributed by atoms with Crippen LogP contribution in [0.3, 0.4) is 0 Å². The van der Waals surface area contributed by atoms with Crippen LogP contribution in [-0.4, -0.2) is 18.7 Å². The first-order valence-electron chi connectivity index (χ1n) is 7.20. The van der Waals surface area contributed by atoms with E-state index in [4.69, 9.17) is 27.9 Å². The molecule has 2 aromatic rings. The van der Waals surface area contributed by atoms with Crippen molar-refractivity contribution >= 4 is 46.6 Å². The molecule has 6 heteroatoms. The Morgan fingerprint density at radius 2 is 1.79 bits per heavy atom.